The number of sulfonamides is 1. The average molecular weight is 475 g/mol. The van der Waals surface area contributed by atoms with Crippen LogP contribution in [-0.2, 0) is 19.6 Å². The molecule has 0 saturated carbocycles. The van der Waals surface area contributed by atoms with Crippen LogP contribution in [-0.4, -0.2) is 33.9 Å². The predicted octanol–water partition coefficient (Wildman–Crippen LogP) is 3.84. The zero-order valence-electron chi connectivity index (χ0n) is 16.9. The third kappa shape index (κ3) is 5.85. The quantitative estimate of drug-likeness (QED) is 0.480. The van der Waals surface area contributed by atoms with E-state index >= 15 is 0 Å². The van der Waals surface area contributed by atoms with Gasteiger partial charge in [0.05, 0.1) is 21.2 Å². The second kappa shape index (κ2) is 10.3. The van der Waals surface area contributed by atoms with Gasteiger partial charge in [0.25, 0.3) is 5.91 Å². The van der Waals surface area contributed by atoms with Crippen LogP contribution in [0.4, 0.5) is 5.69 Å². The molecule has 10 heteroatoms. The van der Waals surface area contributed by atoms with Crippen molar-refractivity contribution in [2.75, 3.05) is 19.0 Å². The molecule has 0 radical (unpaired) electrons. The Labute approximate surface area is 190 Å². The largest absolute Gasteiger partial charge is 0.455 e. The van der Waals surface area contributed by atoms with Crippen molar-refractivity contribution in [1.82, 2.24) is 4.72 Å². The molecule has 1 amide bonds. The first kappa shape index (κ1) is 23.3. The van der Waals surface area contributed by atoms with Gasteiger partial charge in [0, 0.05) is 0 Å². The van der Waals surface area contributed by atoms with E-state index in [9.17, 15) is 18.0 Å². The van der Waals surface area contributed by atoms with Gasteiger partial charge in [-0.3, -0.25) is 4.79 Å². The Morgan fingerprint density at radius 3 is 2.38 bits per heavy atom. The van der Waals surface area contributed by atoms with Gasteiger partial charge >= 0.3 is 5.97 Å². The van der Waals surface area contributed by atoms with Gasteiger partial charge in [0.1, 0.15) is 5.75 Å². The van der Waals surface area contributed by atoms with Gasteiger partial charge < -0.3 is 14.8 Å². The maximum absolute atomic E-state index is 12.4. The van der Waals surface area contributed by atoms with E-state index in [-0.39, 0.29) is 15.5 Å². The number of para-hydroxylation sites is 3. The summed E-state index contributed by atoms with van der Waals surface area (Å²) in [7, 11) is -2.54. The highest BCUT2D eigenvalue weighted by atomic mass is 35.5. The zero-order chi connectivity index (χ0) is 23.1. The van der Waals surface area contributed by atoms with E-state index in [1.54, 1.807) is 36.4 Å². The fourth-order valence-corrected chi connectivity index (χ4v) is 3.57. The summed E-state index contributed by atoms with van der Waals surface area (Å²) in [5, 5.41) is 2.61. The summed E-state index contributed by atoms with van der Waals surface area (Å²) in [5.74, 6) is -0.553. The number of hydrogen-bond acceptors (Lipinski definition) is 6. The SMILES string of the molecule is CNS(=O)(=O)c1ccc(Cl)c(C(=O)OCC(=O)Nc2ccccc2Oc2ccccc2)c1. The third-order valence-corrected chi connectivity index (χ3v) is 5.94. The smallest absolute Gasteiger partial charge is 0.340 e. The van der Waals surface area contributed by atoms with Crippen LogP contribution in [0.25, 0.3) is 0 Å². The van der Waals surface area contributed by atoms with Crippen LogP contribution in [0.1, 0.15) is 10.4 Å². The number of benzene rings is 3. The first-order valence-corrected chi connectivity index (χ1v) is 11.2. The second-order valence-corrected chi connectivity index (χ2v) is 8.68. The van der Waals surface area contributed by atoms with E-state index in [0.717, 1.165) is 6.07 Å². The Balaban J connectivity index is 1.66. The number of carbonyl (C=O) groups is 2. The van der Waals surface area contributed by atoms with Crippen LogP contribution >= 0.6 is 11.6 Å². The van der Waals surface area contributed by atoms with Gasteiger partial charge in [-0.05, 0) is 49.5 Å². The Morgan fingerprint density at radius 1 is 0.969 bits per heavy atom. The number of anilines is 1. The minimum atomic E-state index is -3.78. The first-order chi connectivity index (χ1) is 15.3. The van der Waals surface area contributed by atoms with Crippen LogP contribution in [0.2, 0.25) is 5.02 Å². The fourth-order valence-electron chi connectivity index (χ4n) is 2.62. The molecule has 0 aromatic heterocycles. The van der Waals surface area contributed by atoms with Crippen molar-refractivity contribution < 1.29 is 27.5 Å². The molecule has 8 nitrogen and oxygen atoms in total. The molecule has 0 saturated heterocycles. The molecule has 0 atom stereocenters. The molecule has 0 aliphatic heterocycles. The summed E-state index contributed by atoms with van der Waals surface area (Å²) in [5.41, 5.74) is 0.209. The molecule has 3 aromatic rings. The van der Waals surface area contributed by atoms with E-state index < -0.39 is 28.5 Å². The number of nitrogens with one attached hydrogen (secondary N) is 2. The number of esters is 1. The highest BCUT2D eigenvalue weighted by Crippen LogP contribution is 2.29. The van der Waals surface area contributed by atoms with Crippen LogP contribution in [0.5, 0.6) is 11.5 Å². The molecule has 2 N–H and O–H groups in total. The minimum absolute atomic E-state index is 0.00734. The van der Waals surface area contributed by atoms with E-state index in [2.05, 4.69) is 10.0 Å². The maximum atomic E-state index is 12.4. The Morgan fingerprint density at radius 2 is 1.66 bits per heavy atom. The minimum Gasteiger partial charge on any atom is -0.455 e. The lowest BCUT2D eigenvalue weighted by atomic mass is 10.2. The van der Waals surface area contributed by atoms with Crippen LogP contribution in [0, 0.1) is 0 Å². The molecule has 32 heavy (non-hydrogen) atoms. The number of carbonyl (C=O) groups excluding carboxylic acids is 2. The number of ether oxygens (including phenoxy) is 2. The predicted molar refractivity (Wildman–Crippen MR) is 120 cm³/mol. The van der Waals surface area contributed by atoms with Crippen molar-refractivity contribution in [3.8, 4) is 11.5 Å². The van der Waals surface area contributed by atoms with Crippen molar-refractivity contribution in [2.24, 2.45) is 0 Å². The molecular weight excluding hydrogens is 456 g/mol. The molecule has 0 aliphatic carbocycles. The topological polar surface area (TPSA) is 111 Å². The van der Waals surface area contributed by atoms with Gasteiger partial charge in [0.15, 0.2) is 12.4 Å². The molecule has 0 unspecified atom stereocenters. The normalized spacial score (nSPS) is 10.9. The lowest BCUT2D eigenvalue weighted by molar-refractivity contribution is -0.119. The van der Waals surface area contributed by atoms with E-state index in [1.807, 2.05) is 18.2 Å². The highest BCUT2D eigenvalue weighted by molar-refractivity contribution is 7.89. The highest BCUT2D eigenvalue weighted by Gasteiger charge is 2.19. The molecule has 0 fully saturated rings. The summed E-state index contributed by atoms with van der Waals surface area (Å²) < 4.78 is 36.8. The molecule has 0 aliphatic rings. The summed E-state index contributed by atoms with van der Waals surface area (Å²) in [6, 6.07) is 19.4. The van der Waals surface area contributed by atoms with E-state index in [0.29, 0.717) is 17.2 Å². The van der Waals surface area contributed by atoms with Crippen LogP contribution in [0.15, 0.2) is 77.7 Å². The fraction of sp³-hybridized carbons (Fsp3) is 0.0909. The Bertz CT molecular complexity index is 1230. The number of amides is 1. The van der Waals surface area contributed by atoms with Crippen molar-refractivity contribution in [2.45, 2.75) is 4.90 Å². The maximum Gasteiger partial charge on any atom is 0.340 e. The van der Waals surface area contributed by atoms with Crippen LogP contribution < -0.4 is 14.8 Å². The van der Waals surface area contributed by atoms with E-state index in [1.165, 1.54) is 19.2 Å². The summed E-state index contributed by atoms with van der Waals surface area (Å²) in [6.07, 6.45) is 0. The summed E-state index contributed by atoms with van der Waals surface area (Å²) in [6.45, 7) is -0.613. The molecule has 166 valence electrons. The molecule has 0 spiro atoms. The monoisotopic (exact) mass is 474 g/mol. The molecule has 3 aromatic carbocycles. The Kier molecular flexibility index (Phi) is 7.47. The number of hydrogen-bond donors (Lipinski definition) is 2. The van der Waals surface area contributed by atoms with Crippen molar-refractivity contribution >= 4 is 39.2 Å². The lowest BCUT2D eigenvalue weighted by Gasteiger charge is -2.12. The van der Waals surface area contributed by atoms with Gasteiger partial charge in [-0.1, -0.05) is 41.9 Å². The standard InChI is InChI=1S/C22H19ClN2O6S/c1-24-32(28,29)16-11-12-18(23)17(13-16)22(27)30-14-21(26)25-19-9-5-6-10-20(19)31-15-7-3-2-4-8-15/h2-13,24H,14H2,1H3,(H,25,26). The Hall–Kier alpha value is -3.40. The zero-order valence-corrected chi connectivity index (χ0v) is 18.4. The molecule has 0 heterocycles. The molecular formula is C22H19ClN2O6S. The number of rotatable bonds is 8. The van der Waals surface area contributed by atoms with Crippen molar-refractivity contribution in [3.05, 3.63) is 83.4 Å². The van der Waals surface area contributed by atoms with Crippen molar-refractivity contribution in [3.63, 3.8) is 0 Å². The molecule has 0 bridgehead atoms. The summed E-state index contributed by atoms with van der Waals surface area (Å²) >= 11 is 5.99. The van der Waals surface area contributed by atoms with Gasteiger partial charge in [-0.25, -0.2) is 17.9 Å². The van der Waals surface area contributed by atoms with Crippen molar-refractivity contribution in [1.29, 1.82) is 0 Å². The van der Waals surface area contributed by atoms with Crippen LogP contribution in [0.3, 0.4) is 0 Å². The van der Waals surface area contributed by atoms with Gasteiger partial charge in [0.2, 0.25) is 10.0 Å². The third-order valence-electron chi connectivity index (χ3n) is 4.20. The second-order valence-electron chi connectivity index (χ2n) is 6.38. The van der Waals surface area contributed by atoms with Gasteiger partial charge in [-0.2, -0.15) is 0 Å². The average Bonchev–Trinajstić information content (AvgIpc) is 2.79. The summed E-state index contributed by atoms with van der Waals surface area (Å²) in [4.78, 5) is 24.5. The molecule has 3 rings (SSSR count). The first-order valence-electron chi connectivity index (χ1n) is 9.32. The van der Waals surface area contributed by atoms with E-state index in [4.69, 9.17) is 21.1 Å². The lowest BCUT2D eigenvalue weighted by Crippen LogP contribution is -2.22. The number of halogens is 1. The van der Waals surface area contributed by atoms with Gasteiger partial charge in [-0.15, -0.1) is 0 Å².